The van der Waals surface area contributed by atoms with Gasteiger partial charge in [0.1, 0.15) is 0 Å². The van der Waals surface area contributed by atoms with Crippen LogP contribution in [0.5, 0.6) is 0 Å². The Labute approximate surface area is 104 Å². The van der Waals surface area contributed by atoms with Crippen molar-refractivity contribution < 1.29 is 14.2 Å². The van der Waals surface area contributed by atoms with Crippen molar-refractivity contribution in [3.8, 4) is 0 Å². The zero-order chi connectivity index (χ0) is 13.1. The molecule has 0 amide bonds. The predicted octanol–water partition coefficient (Wildman–Crippen LogP) is 2.76. The first kappa shape index (κ1) is 14.5. The van der Waals surface area contributed by atoms with Crippen LogP contribution >= 0.6 is 10.8 Å². The molecule has 0 radical (unpaired) electrons. The van der Waals surface area contributed by atoms with Gasteiger partial charge in [0.2, 0.25) is 0 Å². The van der Waals surface area contributed by atoms with Crippen LogP contribution in [-0.4, -0.2) is 38.7 Å². The summed E-state index contributed by atoms with van der Waals surface area (Å²) in [7, 11) is -1.39. The van der Waals surface area contributed by atoms with Crippen LogP contribution in [0.4, 0.5) is 0 Å². The largest absolute Gasteiger partial charge is 0.395 e. The fourth-order valence-corrected chi connectivity index (χ4v) is 2.68. The fourth-order valence-electron chi connectivity index (χ4n) is 1.48. The van der Waals surface area contributed by atoms with Gasteiger partial charge in [-0.05, 0) is 23.6 Å². The topological polar surface area (TPSA) is 63.9 Å². The monoisotopic (exact) mass is 259 g/mol. The maximum Gasteiger partial charge on any atom is 0.0752 e. The molecule has 1 aromatic carbocycles. The van der Waals surface area contributed by atoms with Gasteiger partial charge in [-0.3, -0.25) is 9.11 Å². The molecule has 5 heteroatoms. The van der Waals surface area contributed by atoms with E-state index in [1.54, 1.807) is 19.2 Å². The molecule has 17 heavy (non-hydrogen) atoms. The Kier molecular flexibility index (Phi) is 4.97. The molecule has 0 aliphatic rings. The quantitative estimate of drug-likeness (QED) is 0.761. The molecule has 3 N–H and O–H groups in total. The summed E-state index contributed by atoms with van der Waals surface area (Å²) in [5.74, 6) is 0.418. The first-order valence-corrected chi connectivity index (χ1v) is 7.10. The van der Waals surface area contributed by atoms with Crippen molar-refractivity contribution in [3.63, 3.8) is 0 Å². The number of benzene rings is 1. The lowest BCUT2D eigenvalue weighted by molar-refractivity contribution is 0.256. The number of hydrogen-bond donors (Lipinski definition) is 3. The summed E-state index contributed by atoms with van der Waals surface area (Å²) < 4.78 is 21.5. The van der Waals surface area contributed by atoms with E-state index < -0.39 is 10.8 Å². The van der Waals surface area contributed by atoms with E-state index in [0.29, 0.717) is 10.8 Å². The predicted molar refractivity (Wildman–Crippen MR) is 71.4 cm³/mol. The smallest absolute Gasteiger partial charge is 0.0752 e. The molecule has 0 bridgehead atoms. The standard InChI is InChI=1S/C12H21NO3S/c1-10(2)11-4-6-12(7-5-11)17(15,16)13(3)8-9-14/h4-7,10,14-16H,8-9H2,1-3H3. The van der Waals surface area contributed by atoms with Crippen LogP contribution in [0.1, 0.15) is 25.3 Å². The minimum Gasteiger partial charge on any atom is -0.395 e. The summed E-state index contributed by atoms with van der Waals surface area (Å²) in [5.41, 5.74) is 1.16. The van der Waals surface area contributed by atoms with E-state index in [1.165, 1.54) is 4.31 Å². The maximum absolute atomic E-state index is 10.1. The SMILES string of the molecule is CC(C)c1ccc(S(O)(O)N(C)CCO)cc1. The molecule has 0 saturated heterocycles. The zero-order valence-electron chi connectivity index (χ0n) is 10.5. The third kappa shape index (κ3) is 3.43. The minimum atomic E-state index is -2.97. The lowest BCUT2D eigenvalue weighted by atomic mass is 10.0. The van der Waals surface area contributed by atoms with Crippen LogP contribution in [0.25, 0.3) is 0 Å². The van der Waals surface area contributed by atoms with Crippen molar-refractivity contribution in [3.05, 3.63) is 29.8 Å². The number of rotatable bonds is 5. The van der Waals surface area contributed by atoms with Gasteiger partial charge in [-0.25, -0.2) is 4.31 Å². The van der Waals surface area contributed by atoms with Crippen molar-refractivity contribution in [2.75, 3.05) is 20.2 Å². The molecule has 1 rings (SSSR count). The van der Waals surface area contributed by atoms with E-state index in [2.05, 4.69) is 13.8 Å². The molecular formula is C12H21NO3S. The Morgan fingerprint density at radius 1 is 1.18 bits per heavy atom. The number of nitrogens with zero attached hydrogens (tertiary/aromatic N) is 1. The number of likely N-dealkylation sites (N-methyl/N-ethyl adjacent to an activating group) is 1. The Morgan fingerprint density at radius 2 is 1.71 bits per heavy atom. The second kappa shape index (κ2) is 5.84. The molecule has 0 heterocycles. The molecule has 1 aromatic rings. The molecule has 0 saturated carbocycles. The highest BCUT2D eigenvalue weighted by molar-refractivity contribution is 8.22. The fraction of sp³-hybridized carbons (Fsp3) is 0.500. The third-order valence-electron chi connectivity index (χ3n) is 2.71. The molecule has 0 atom stereocenters. The van der Waals surface area contributed by atoms with E-state index in [0.717, 1.165) is 5.56 Å². The summed E-state index contributed by atoms with van der Waals surface area (Å²) >= 11 is 0. The first-order chi connectivity index (χ1) is 7.89. The molecule has 0 aromatic heterocycles. The molecular weight excluding hydrogens is 238 g/mol. The lowest BCUT2D eigenvalue weighted by Crippen LogP contribution is -2.26. The molecule has 0 aliphatic carbocycles. The highest BCUT2D eigenvalue weighted by atomic mass is 32.3. The molecule has 0 spiro atoms. The normalized spacial score (nSPS) is 13.4. The summed E-state index contributed by atoms with van der Waals surface area (Å²) in [6.45, 7) is 4.31. The average Bonchev–Trinajstić information content (AvgIpc) is 2.29. The van der Waals surface area contributed by atoms with Crippen LogP contribution in [0.15, 0.2) is 29.2 Å². The van der Waals surface area contributed by atoms with Crippen molar-refractivity contribution in [1.82, 2.24) is 4.31 Å². The second-order valence-corrected chi connectivity index (χ2v) is 6.45. The Hall–Kier alpha value is -0.590. The van der Waals surface area contributed by atoms with Gasteiger partial charge in [0.05, 0.1) is 11.5 Å². The van der Waals surface area contributed by atoms with Gasteiger partial charge in [-0.1, -0.05) is 26.0 Å². The zero-order valence-corrected chi connectivity index (χ0v) is 11.3. The number of aliphatic hydroxyl groups excluding tert-OH is 1. The van der Waals surface area contributed by atoms with Crippen LogP contribution in [0, 0.1) is 0 Å². The Bertz CT molecular complexity index is 351. The van der Waals surface area contributed by atoms with Gasteiger partial charge in [-0.2, -0.15) is 0 Å². The van der Waals surface area contributed by atoms with E-state index in [4.69, 9.17) is 5.11 Å². The average molecular weight is 259 g/mol. The highest BCUT2D eigenvalue weighted by Crippen LogP contribution is 2.50. The van der Waals surface area contributed by atoms with Gasteiger partial charge in [0, 0.05) is 13.6 Å². The van der Waals surface area contributed by atoms with Crippen molar-refractivity contribution in [1.29, 1.82) is 0 Å². The van der Waals surface area contributed by atoms with E-state index in [9.17, 15) is 9.11 Å². The lowest BCUT2D eigenvalue weighted by Gasteiger charge is -2.40. The minimum absolute atomic E-state index is 0.101. The van der Waals surface area contributed by atoms with Gasteiger partial charge in [0.25, 0.3) is 0 Å². The van der Waals surface area contributed by atoms with E-state index >= 15 is 0 Å². The molecule has 0 unspecified atom stereocenters. The summed E-state index contributed by atoms with van der Waals surface area (Å²) in [4.78, 5) is 0.484. The van der Waals surface area contributed by atoms with Crippen LogP contribution < -0.4 is 0 Å². The van der Waals surface area contributed by atoms with Crippen molar-refractivity contribution in [2.45, 2.75) is 24.7 Å². The summed E-state index contributed by atoms with van der Waals surface area (Å²) in [6.07, 6.45) is 0. The molecule has 4 nitrogen and oxygen atoms in total. The Balaban J connectivity index is 2.91. The van der Waals surface area contributed by atoms with Crippen LogP contribution in [0.2, 0.25) is 0 Å². The van der Waals surface area contributed by atoms with Gasteiger partial charge < -0.3 is 5.11 Å². The van der Waals surface area contributed by atoms with Gasteiger partial charge >= 0.3 is 0 Å². The van der Waals surface area contributed by atoms with Gasteiger partial charge in [0.15, 0.2) is 0 Å². The van der Waals surface area contributed by atoms with Gasteiger partial charge in [-0.15, -0.1) is 10.8 Å². The first-order valence-electron chi connectivity index (χ1n) is 5.60. The van der Waals surface area contributed by atoms with Crippen molar-refractivity contribution in [2.24, 2.45) is 0 Å². The third-order valence-corrected chi connectivity index (χ3v) is 4.67. The van der Waals surface area contributed by atoms with Crippen molar-refractivity contribution >= 4 is 10.8 Å². The highest BCUT2D eigenvalue weighted by Gasteiger charge is 2.21. The summed E-state index contributed by atoms with van der Waals surface area (Å²) in [6, 6.07) is 7.28. The molecule has 98 valence electrons. The molecule has 0 fully saturated rings. The van der Waals surface area contributed by atoms with E-state index in [1.807, 2.05) is 12.1 Å². The number of aliphatic hydroxyl groups is 1. The Morgan fingerprint density at radius 3 is 2.12 bits per heavy atom. The van der Waals surface area contributed by atoms with Crippen LogP contribution in [0.3, 0.4) is 0 Å². The van der Waals surface area contributed by atoms with E-state index in [-0.39, 0.29) is 13.2 Å². The second-order valence-electron chi connectivity index (χ2n) is 4.32. The maximum atomic E-state index is 10.1. The molecule has 0 aliphatic heterocycles. The summed E-state index contributed by atoms with van der Waals surface area (Å²) in [5, 5.41) is 8.81. The van der Waals surface area contributed by atoms with Crippen LogP contribution in [-0.2, 0) is 0 Å². The number of hydrogen-bond acceptors (Lipinski definition) is 4.